The molecule has 3 aromatic heterocycles. The summed E-state index contributed by atoms with van der Waals surface area (Å²) < 4.78 is 6.90. The van der Waals surface area contributed by atoms with Crippen LogP contribution in [0.3, 0.4) is 0 Å². The number of hydrogen-bond acceptors (Lipinski definition) is 5. The monoisotopic (exact) mass is 366 g/mol. The summed E-state index contributed by atoms with van der Waals surface area (Å²) >= 11 is 1.53. The first-order chi connectivity index (χ1) is 12.3. The summed E-state index contributed by atoms with van der Waals surface area (Å²) in [5.41, 5.74) is 3.94. The van der Waals surface area contributed by atoms with Gasteiger partial charge in [0.1, 0.15) is 10.4 Å². The molecule has 4 aromatic rings. The van der Waals surface area contributed by atoms with Gasteiger partial charge < -0.3 is 4.42 Å². The van der Waals surface area contributed by atoms with Crippen LogP contribution in [0.4, 0.5) is 0 Å². The van der Waals surface area contributed by atoms with Gasteiger partial charge in [-0.25, -0.2) is 9.78 Å². The van der Waals surface area contributed by atoms with Crippen molar-refractivity contribution in [3.05, 3.63) is 72.4 Å². The second-order valence-corrected chi connectivity index (χ2v) is 7.87. The zero-order valence-corrected chi connectivity index (χ0v) is 15.9. The van der Waals surface area contributed by atoms with Crippen molar-refractivity contribution in [2.75, 3.05) is 0 Å². The highest BCUT2D eigenvalue weighted by Crippen LogP contribution is 2.26. The molecule has 3 heterocycles. The van der Waals surface area contributed by atoms with E-state index < -0.39 is 5.63 Å². The largest absolute Gasteiger partial charge is 0.423 e. The molecule has 26 heavy (non-hydrogen) atoms. The number of aromatic nitrogens is 2. The van der Waals surface area contributed by atoms with Gasteiger partial charge in [0.2, 0.25) is 0 Å². The summed E-state index contributed by atoms with van der Waals surface area (Å²) in [6, 6.07) is 5.32. The van der Waals surface area contributed by atoms with Crippen molar-refractivity contribution in [1.82, 2.24) is 9.55 Å². The Balaban J connectivity index is 1.93. The molecule has 5 nitrogen and oxygen atoms in total. The van der Waals surface area contributed by atoms with Crippen molar-refractivity contribution in [3.63, 3.8) is 0 Å². The Morgan fingerprint density at radius 3 is 2.58 bits per heavy atom. The Labute approximate surface area is 153 Å². The Hall–Kier alpha value is -2.73. The van der Waals surface area contributed by atoms with Gasteiger partial charge in [0.15, 0.2) is 0 Å². The minimum atomic E-state index is -0.416. The van der Waals surface area contributed by atoms with Crippen LogP contribution in [0.1, 0.15) is 27.1 Å². The lowest BCUT2D eigenvalue weighted by atomic mass is 10.0. The minimum Gasteiger partial charge on any atom is -0.423 e. The molecule has 0 fully saturated rings. The maximum atomic E-state index is 12.9. The fourth-order valence-electron chi connectivity index (χ4n) is 3.18. The van der Waals surface area contributed by atoms with Gasteiger partial charge in [0.25, 0.3) is 5.56 Å². The van der Waals surface area contributed by atoms with Crippen molar-refractivity contribution < 1.29 is 4.42 Å². The van der Waals surface area contributed by atoms with Crippen molar-refractivity contribution >= 4 is 32.5 Å². The van der Waals surface area contributed by atoms with Crippen LogP contribution in [0.5, 0.6) is 0 Å². The van der Waals surface area contributed by atoms with Crippen molar-refractivity contribution in [2.45, 2.75) is 34.2 Å². The number of aryl methyl sites for hydroxylation is 4. The van der Waals surface area contributed by atoms with E-state index in [2.05, 4.69) is 4.98 Å². The van der Waals surface area contributed by atoms with Gasteiger partial charge in [-0.15, -0.1) is 11.3 Å². The molecule has 0 aliphatic carbocycles. The van der Waals surface area contributed by atoms with Gasteiger partial charge in [-0.3, -0.25) is 9.36 Å². The molecule has 0 saturated heterocycles. The smallest absolute Gasteiger partial charge is 0.336 e. The van der Waals surface area contributed by atoms with Crippen LogP contribution in [-0.2, 0) is 6.54 Å². The molecule has 0 saturated carbocycles. The van der Waals surface area contributed by atoms with E-state index in [-0.39, 0.29) is 12.1 Å². The molecule has 6 heteroatoms. The highest BCUT2D eigenvalue weighted by Gasteiger charge is 2.14. The third-order valence-electron chi connectivity index (χ3n) is 4.94. The zero-order chi connectivity index (χ0) is 18.6. The normalized spacial score (nSPS) is 11.5. The lowest BCUT2D eigenvalue weighted by molar-refractivity contribution is 0.557. The van der Waals surface area contributed by atoms with Gasteiger partial charge in [-0.1, -0.05) is 0 Å². The third kappa shape index (κ3) is 2.57. The molecular weight excluding hydrogens is 348 g/mol. The molecule has 0 radical (unpaired) electrons. The van der Waals surface area contributed by atoms with E-state index in [1.807, 2.05) is 39.8 Å². The molecule has 1 aromatic carbocycles. The first kappa shape index (κ1) is 16.7. The van der Waals surface area contributed by atoms with Crippen LogP contribution in [-0.4, -0.2) is 9.55 Å². The quantitative estimate of drug-likeness (QED) is 0.506. The van der Waals surface area contributed by atoms with Crippen molar-refractivity contribution in [3.8, 4) is 0 Å². The van der Waals surface area contributed by atoms with Gasteiger partial charge in [-0.05, 0) is 62.1 Å². The molecule has 0 bridgehead atoms. The van der Waals surface area contributed by atoms with Crippen LogP contribution < -0.4 is 11.2 Å². The topological polar surface area (TPSA) is 65.1 Å². The molecule has 0 amide bonds. The molecular formula is C20H18N2O3S. The predicted molar refractivity (Wildman–Crippen MR) is 104 cm³/mol. The fourth-order valence-corrected chi connectivity index (χ4v) is 4.17. The molecule has 0 N–H and O–H groups in total. The molecule has 0 unspecified atom stereocenters. The standard InChI is InChI=1S/C20H18N2O3S/c1-10-5-15-14(7-17(23)25-16(15)6-11(10)2)8-22-9-21-19-18(20(22)24)12(3)13(4)26-19/h5-7,9H,8H2,1-4H3. The number of nitrogens with zero attached hydrogens (tertiary/aromatic N) is 2. The number of benzene rings is 1. The summed E-state index contributed by atoms with van der Waals surface area (Å²) in [7, 11) is 0. The lowest BCUT2D eigenvalue weighted by Crippen LogP contribution is -2.21. The van der Waals surface area contributed by atoms with E-state index in [4.69, 9.17) is 4.42 Å². The average Bonchev–Trinajstić information content (AvgIpc) is 2.87. The fraction of sp³-hybridized carbons (Fsp3) is 0.250. The van der Waals surface area contributed by atoms with Gasteiger partial charge >= 0.3 is 5.63 Å². The van der Waals surface area contributed by atoms with Gasteiger partial charge in [-0.2, -0.15) is 0 Å². The van der Waals surface area contributed by atoms with Crippen LogP contribution in [0.25, 0.3) is 21.2 Å². The number of fused-ring (bicyclic) bond motifs is 2. The molecule has 132 valence electrons. The summed E-state index contributed by atoms with van der Waals surface area (Å²) in [5, 5.41) is 1.51. The Morgan fingerprint density at radius 1 is 1.08 bits per heavy atom. The zero-order valence-electron chi connectivity index (χ0n) is 15.0. The number of rotatable bonds is 2. The summed E-state index contributed by atoms with van der Waals surface area (Å²) in [4.78, 5) is 31.2. The number of hydrogen-bond donors (Lipinski definition) is 0. The maximum Gasteiger partial charge on any atom is 0.336 e. The second-order valence-electron chi connectivity index (χ2n) is 6.66. The minimum absolute atomic E-state index is 0.0814. The SMILES string of the molecule is Cc1cc2oc(=O)cc(Cn3cnc4sc(C)c(C)c4c3=O)c2cc1C. The van der Waals surface area contributed by atoms with Crippen LogP contribution in [0.15, 0.2) is 38.5 Å². The Kier molecular flexibility index (Phi) is 3.80. The van der Waals surface area contributed by atoms with Crippen LogP contribution >= 0.6 is 11.3 Å². The van der Waals surface area contributed by atoms with E-state index in [1.165, 1.54) is 17.4 Å². The summed E-state index contributed by atoms with van der Waals surface area (Å²) in [5.74, 6) is 0. The first-order valence-electron chi connectivity index (χ1n) is 8.34. The lowest BCUT2D eigenvalue weighted by Gasteiger charge is -2.10. The van der Waals surface area contributed by atoms with Crippen molar-refractivity contribution in [2.24, 2.45) is 0 Å². The van der Waals surface area contributed by atoms with E-state index in [0.717, 1.165) is 37.3 Å². The molecule has 0 atom stereocenters. The first-order valence-corrected chi connectivity index (χ1v) is 9.16. The summed E-state index contributed by atoms with van der Waals surface area (Å²) in [6.07, 6.45) is 1.56. The molecule has 0 aliphatic rings. The highest BCUT2D eigenvalue weighted by atomic mass is 32.1. The van der Waals surface area contributed by atoms with E-state index in [9.17, 15) is 9.59 Å². The number of thiophene rings is 1. The Morgan fingerprint density at radius 2 is 1.81 bits per heavy atom. The van der Waals surface area contributed by atoms with Gasteiger partial charge in [0.05, 0.1) is 18.3 Å². The van der Waals surface area contributed by atoms with E-state index >= 15 is 0 Å². The molecule has 0 aliphatic heterocycles. The van der Waals surface area contributed by atoms with Crippen LogP contribution in [0.2, 0.25) is 0 Å². The third-order valence-corrected chi connectivity index (χ3v) is 6.06. The summed E-state index contributed by atoms with van der Waals surface area (Å²) in [6.45, 7) is 8.21. The molecule has 4 rings (SSSR count). The maximum absolute atomic E-state index is 12.9. The van der Waals surface area contributed by atoms with Gasteiger partial charge in [0, 0.05) is 16.3 Å². The van der Waals surface area contributed by atoms with E-state index in [0.29, 0.717) is 11.0 Å². The van der Waals surface area contributed by atoms with Crippen LogP contribution in [0, 0.1) is 27.7 Å². The average molecular weight is 366 g/mol. The predicted octanol–water partition coefficient (Wildman–Crippen LogP) is 3.85. The highest BCUT2D eigenvalue weighted by molar-refractivity contribution is 7.18. The van der Waals surface area contributed by atoms with Crippen molar-refractivity contribution in [1.29, 1.82) is 0 Å². The van der Waals surface area contributed by atoms with E-state index in [1.54, 1.807) is 10.9 Å². The Bertz CT molecular complexity index is 1290. The molecule has 0 spiro atoms. The second kappa shape index (κ2) is 5.92.